The van der Waals surface area contributed by atoms with Gasteiger partial charge in [0.05, 0.1) is 75.8 Å². The zero-order valence-electron chi connectivity index (χ0n) is 69.2. The van der Waals surface area contributed by atoms with Crippen LogP contribution in [0.5, 0.6) is 0 Å². The maximum absolute atomic E-state index is 14.9. The number of halogens is 2. The average molecular weight is 1650 g/mol. The van der Waals surface area contributed by atoms with Gasteiger partial charge in [0.25, 0.3) is 0 Å². The van der Waals surface area contributed by atoms with Crippen LogP contribution in [0.2, 0.25) is 0 Å². The van der Waals surface area contributed by atoms with E-state index in [9.17, 15) is 19.3 Å². The number of hydrogen-bond acceptors (Lipinski definition) is 8. The van der Waals surface area contributed by atoms with Crippen molar-refractivity contribution in [2.24, 2.45) is 0 Å². The molecule has 0 N–H and O–H groups in total. The Balaban J connectivity index is 0.000000114. The van der Waals surface area contributed by atoms with E-state index < -0.39 is 0 Å². The summed E-state index contributed by atoms with van der Waals surface area (Å²) in [6, 6.07) is 140. The van der Waals surface area contributed by atoms with Gasteiger partial charge in [-0.05, 0) is 234 Å². The lowest BCUT2D eigenvalue weighted by Crippen LogP contribution is -2.15. The molecule has 2 heterocycles. The van der Waals surface area contributed by atoms with E-state index in [1.165, 1.54) is 21.5 Å². The second-order valence-electron chi connectivity index (χ2n) is 32.3. The van der Waals surface area contributed by atoms with Crippen LogP contribution in [0.4, 0.5) is 111 Å². The molecular formula is C116H74F2N10. The zero-order valence-corrected chi connectivity index (χ0v) is 69.2. The first-order valence-electron chi connectivity index (χ1n) is 42.7. The fourth-order valence-electron chi connectivity index (χ4n) is 19.8. The summed E-state index contributed by atoms with van der Waals surface area (Å²) in [7, 11) is 0. The predicted octanol–water partition coefficient (Wildman–Crippen LogP) is 32.1. The molecule has 10 nitrogen and oxygen atoms in total. The van der Waals surface area contributed by atoms with E-state index in [2.05, 4.69) is 257 Å². The molecule has 0 amide bonds. The first kappa shape index (κ1) is 76.7. The van der Waals surface area contributed by atoms with Gasteiger partial charge in [0.15, 0.2) is 5.69 Å². The maximum Gasteiger partial charge on any atom is 0.210 e. The van der Waals surface area contributed by atoms with Gasteiger partial charge in [-0.3, -0.25) is 0 Å². The molecule has 0 saturated carbocycles. The smallest absolute Gasteiger partial charge is 0.210 e. The van der Waals surface area contributed by atoms with Gasteiger partial charge in [-0.15, -0.1) is 0 Å². The molecule has 12 heteroatoms. The highest BCUT2D eigenvalue weighted by molar-refractivity contribution is 6.31. The van der Waals surface area contributed by atoms with Crippen LogP contribution in [-0.4, -0.2) is 13.1 Å². The molecule has 0 unspecified atom stereocenters. The molecular weight excluding hydrogens is 1570 g/mol. The highest BCUT2D eigenvalue weighted by Gasteiger charge is 2.31. The van der Waals surface area contributed by atoms with Crippen LogP contribution < -0.4 is 29.4 Å². The number of para-hydroxylation sites is 9. The van der Waals surface area contributed by atoms with Crippen molar-refractivity contribution < 1.29 is 8.78 Å². The van der Waals surface area contributed by atoms with Gasteiger partial charge >= 0.3 is 0 Å². The number of hydrogen-bond donors (Lipinski definition) is 0. The molecule has 0 radical (unpaired) electrons. The Morgan fingerprint density at radius 2 is 0.609 bits per heavy atom. The highest BCUT2D eigenvalue weighted by Crippen LogP contribution is 2.54. The van der Waals surface area contributed by atoms with E-state index in [4.69, 9.17) is 13.1 Å². The van der Waals surface area contributed by atoms with Crippen LogP contribution >= 0.6 is 0 Å². The first-order chi connectivity index (χ1) is 63.2. The fourth-order valence-corrected chi connectivity index (χ4v) is 19.8. The monoisotopic (exact) mass is 1640 g/mol. The zero-order chi connectivity index (χ0) is 86.0. The number of anilines is 16. The van der Waals surface area contributed by atoms with E-state index >= 15 is 0 Å². The van der Waals surface area contributed by atoms with Gasteiger partial charge in [-0.1, -0.05) is 255 Å². The van der Waals surface area contributed by atoms with E-state index in [-0.39, 0.29) is 11.6 Å². The minimum absolute atomic E-state index is 0.173. The van der Waals surface area contributed by atoms with Crippen molar-refractivity contribution in [1.82, 2.24) is 0 Å². The molecule has 2 aliphatic rings. The van der Waals surface area contributed by atoms with Gasteiger partial charge in [-0.2, -0.15) is 10.5 Å². The third-order valence-corrected chi connectivity index (χ3v) is 25.3. The molecule has 22 aromatic rings. The van der Waals surface area contributed by atoms with Crippen molar-refractivity contribution in [3.05, 3.63) is 457 Å². The number of fused-ring (bicyclic) bond motifs is 2. The van der Waals surface area contributed by atoms with Gasteiger partial charge < -0.3 is 29.4 Å². The maximum atomic E-state index is 14.9. The largest absolute Gasteiger partial charge is 0.338 e. The number of benzene rings is 22. The van der Waals surface area contributed by atoms with Gasteiger partial charge in [0, 0.05) is 90.9 Å². The van der Waals surface area contributed by atoms with Crippen LogP contribution in [0.3, 0.4) is 0 Å². The topological polar surface area (TPSA) is 75.7 Å². The SMILES string of the molecule is Fc1cccc2c1N(c1ccc3ccc4c(N5CCc6cccc(F)c65)ccc5ccc1c3c54)CC2.[C-]#[N+]c1cccc(N(c2ccccc2)c2ccc3ccc4c(N(c5ccccc5)c5cccc(C#N)c5)ccc5ccc2c3c54)c1.[C-]#[N+]c1ccccc1N(c1ccccc1)c1ccc2ccc3c(N(c4ccccc4)c4ccccc4C#N)ccc4ccc1c2c43. The lowest BCUT2D eigenvalue weighted by Gasteiger charge is -2.30. The Kier molecular flexibility index (Phi) is 19.2. The summed E-state index contributed by atoms with van der Waals surface area (Å²) >= 11 is 0. The summed E-state index contributed by atoms with van der Waals surface area (Å²) in [5.41, 5.74) is 19.6. The molecule has 0 fully saturated rings. The minimum Gasteiger partial charge on any atom is -0.338 e. The molecule has 0 saturated heterocycles. The van der Waals surface area contributed by atoms with Crippen molar-refractivity contribution in [3.63, 3.8) is 0 Å². The second-order valence-corrected chi connectivity index (χ2v) is 32.3. The Morgan fingerprint density at radius 3 is 1.03 bits per heavy atom. The second kappa shape index (κ2) is 32.1. The Bertz CT molecular complexity index is 7800. The summed E-state index contributed by atoms with van der Waals surface area (Å²) in [4.78, 5) is 20.7. The Hall–Kier alpha value is -17.4. The number of rotatable bonds is 14. The lowest BCUT2D eigenvalue weighted by molar-refractivity contribution is 0.628. The number of nitrogens with zero attached hydrogens (tertiary/aromatic N) is 10. The normalized spacial score (nSPS) is 12.1. The standard InChI is InChI=1S/2C42H26N4.C32H22F2N2/c1-44-36-17-9-11-19-40(36)46(33-15-6-3-7-16-33)39-27-23-30-20-24-34-38(26-22-29-21-25-35(39)42(30)41(29)34)45(32-13-4-2-5-14-32)37-18-10-8-12-31(37)28-43;1-44-32-11-9-17-36(27-32)46(34-14-6-3-7-15-34)40-25-21-31-18-22-37-39(24-20-30-19-23-38(40)42(31)41(30)37)45(33-12-4-2-5-13-33)35-16-8-10-29(26-35)28-43;33-25-5-1-3-21-15-17-35(31(21)25)27-13-9-19-8-12-24-28(14-10-20-7-11-23(27)29(19)30(20)24)36-18-16-22-4-2-6-26(34)32(22)36/h2*2-27H;1-14H,15-18H2. The quantitative estimate of drug-likeness (QED) is 0.0787. The van der Waals surface area contributed by atoms with E-state index in [0.717, 1.165) is 192 Å². The molecule has 0 bridgehead atoms. The summed E-state index contributed by atoms with van der Waals surface area (Å²) in [6.07, 6.45) is 1.66. The molecule has 24 rings (SSSR count). The van der Waals surface area contributed by atoms with Crippen LogP contribution in [0.1, 0.15) is 22.3 Å². The molecule has 0 spiro atoms. The van der Waals surface area contributed by atoms with Crippen molar-refractivity contribution in [2.75, 3.05) is 42.5 Å². The molecule has 2 aliphatic heterocycles. The first-order valence-corrected chi connectivity index (χ1v) is 42.7. The van der Waals surface area contributed by atoms with E-state index in [1.807, 2.05) is 170 Å². The third-order valence-electron chi connectivity index (χ3n) is 25.3. The van der Waals surface area contributed by atoms with Crippen molar-refractivity contribution in [1.29, 1.82) is 10.5 Å². The summed E-state index contributed by atoms with van der Waals surface area (Å²) in [5, 5.41) is 40.5. The lowest BCUT2D eigenvalue weighted by atomic mass is 9.91. The Labute approximate surface area is 738 Å². The molecule has 602 valence electrons. The highest BCUT2D eigenvalue weighted by atomic mass is 19.1. The predicted molar refractivity (Wildman–Crippen MR) is 525 cm³/mol. The molecule has 0 aliphatic carbocycles. The van der Waals surface area contributed by atoms with Crippen LogP contribution in [-0.2, 0) is 12.8 Å². The minimum atomic E-state index is -0.173. The van der Waals surface area contributed by atoms with Crippen molar-refractivity contribution in [3.8, 4) is 12.1 Å². The fraction of sp³-hybridized carbons (Fsp3) is 0.0345. The van der Waals surface area contributed by atoms with Gasteiger partial charge in [0.1, 0.15) is 17.7 Å². The number of nitriles is 2. The van der Waals surface area contributed by atoms with Crippen LogP contribution in [0.15, 0.2) is 400 Å². The van der Waals surface area contributed by atoms with Crippen LogP contribution in [0, 0.1) is 47.4 Å². The molecule has 0 atom stereocenters. The van der Waals surface area contributed by atoms with Gasteiger partial charge in [0.2, 0.25) is 5.69 Å². The summed E-state index contributed by atoms with van der Waals surface area (Å²) in [5.74, 6) is -0.347. The van der Waals surface area contributed by atoms with Gasteiger partial charge in [-0.25, -0.2) is 18.5 Å². The molecule has 128 heavy (non-hydrogen) atoms. The molecule has 0 aromatic heterocycles. The Morgan fingerprint density at radius 1 is 0.273 bits per heavy atom. The summed E-state index contributed by atoms with van der Waals surface area (Å²) in [6.45, 7) is 17.1. The van der Waals surface area contributed by atoms with Crippen LogP contribution in [0.25, 0.3) is 107 Å². The van der Waals surface area contributed by atoms with Crippen molar-refractivity contribution >= 4 is 199 Å². The summed E-state index contributed by atoms with van der Waals surface area (Å²) < 4.78 is 29.8. The van der Waals surface area contributed by atoms with E-state index in [0.29, 0.717) is 33.9 Å². The molecule has 22 aromatic carbocycles. The average Bonchev–Trinajstić information content (AvgIpc) is 1.32. The van der Waals surface area contributed by atoms with Crippen molar-refractivity contribution in [2.45, 2.75) is 12.8 Å². The van der Waals surface area contributed by atoms with E-state index in [1.54, 1.807) is 24.3 Å². The third kappa shape index (κ3) is 13.0.